The zero-order valence-corrected chi connectivity index (χ0v) is 12.5. The van der Waals surface area contributed by atoms with Gasteiger partial charge in [0, 0.05) is 5.41 Å². The zero-order chi connectivity index (χ0) is 13.2. The number of nitrogens with one attached hydrogen (secondary N) is 1. The first kappa shape index (κ1) is 13.4. The Kier molecular flexibility index (Phi) is 3.93. The molecule has 96 valence electrons. The standard InChI is InChI=1S/C15H18BrNO/c1-15(2,11-7-5-4-6-8-11)14(17-3)13-12(16)9-10-18-13/h4-10,14,17H,1-3H3. The van der Waals surface area contributed by atoms with Crippen LogP contribution in [0.2, 0.25) is 0 Å². The molecule has 0 amide bonds. The van der Waals surface area contributed by atoms with E-state index in [2.05, 4.69) is 59.4 Å². The minimum Gasteiger partial charge on any atom is -0.466 e. The quantitative estimate of drug-likeness (QED) is 0.912. The van der Waals surface area contributed by atoms with Crippen LogP contribution in [0.5, 0.6) is 0 Å². The average Bonchev–Trinajstić information content (AvgIpc) is 2.78. The van der Waals surface area contributed by atoms with Crippen LogP contribution in [0.15, 0.2) is 51.6 Å². The molecular formula is C15H18BrNO. The van der Waals surface area contributed by atoms with E-state index in [1.807, 2.05) is 19.2 Å². The molecular weight excluding hydrogens is 290 g/mol. The van der Waals surface area contributed by atoms with Gasteiger partial charge >= 0.3 is 0 Å². The lowest BCUT2D eigenvalue weighted by Gasteiger charge is -2.33. The molecule has 0 bridgehead atoms. The van der Waals surface area contributed by atoms with Gasteiger partial charge in [-0.3, -0.25) is 0 Å². The fourth-order valence-electron chi connectivity index (χ4n) is 2.37. The van der Waals surface area contributed by atoms with Gasteiger partial charge in [0.25, 0.3) is 0 Å². The van der Waals surface area contributed by atoms with E-state index in [1.54, 1.807) is 6.26 Å². The summed E-state index contributed by atoms with van der Waals surface area (Å²) in [4.78, 5) is 0. The maximum atomic E-state index is 5.62. The predicted octanol–water partition coefficient (Wildman–Crippen LogP) is 4.28. The highest BCUT2D eigenvalue weighted by Gasteiger charge is 2.34. The summed E-state index contributed by atoms with van der Waals surface area (Å²) in [5.41, 5.74) is 1.23. The first-order valence-corrected chi connectivity index (χ1v) is 6.82. The highest BCUT2D eigenvalue weighted by molar-refractivity contribution is 9.10. The summed E-state index contributed by atoms with van der Waals surface area (Å²) >= 11 is 3.54. The zero-order valence-electron chi connectivity index (χ0n) is 10.9. The number of hydrogen-bond donors (Lipinski definition) is 1. The molecule has 2 nitrogen and oxygen atoms in total. The Labute approximate surface area is 117 Å². The smallest absolute Gasteiger partial charge is 0.135 e. The topological polar surface area (TPSA) is 25.2 Å². The molecule has 1 heterocycles. The van der Waals surface area contributed by atoms with Gasteiger partial charge in [-0.25, -0.2) is 0 Å². The summed E-state index contributed by atoms with van der Waals surface area (Å²) in [5, 5.41) is 3.36. The molecule has 1 unspecified atom stereocenters. The van der Waals surface area contributed by atoms with Crippen molar-refractivity contribution < 1.29 is 4.42 Å². The van der Waals surface area contributed by atoms with Gasteiger partial charge < -0.3 is 9.73 Å². The van der Waals surface area contributed by atoms with Crippen molar-refractivity contribution in [3.8, 4) is 0 Å². The second-order valence-electron chi connectivity index (χ2n) is 4.94. The van der Waals surface area contributed by atoms with Crippen molar-refractivity contribution in [1.82, 2.24) is 5.32 Å². The second-order valence-corrected chi connectivity index (χ2v) is 5.80. The van der Waals surface area contributed by atoms with Crippen molar-refractivity contribution in [2.24, 2.45) is 0 Å². The van der Waals surface area contributed by atoms with Crippen molar-refractivity contribution in [1.29, 1.82) is 0 Å². The fourth-order valence-corrected chi connectivity index (χ4v) is 2.80. The third-order valence-electron chi connectivity index (χ3n) is 3.44. The molecule has 1 aromatic carbocycles. The lowest BCUT2D eigenvalue weighted by Crippen LogP contribution is -2.35. The van der Waals surface area contributed by atoms with Crippen LogP contribution >= 0.6 is 15.9 Å². The molecule has 0 saturated carbocycles. The van der Waals surface area contributed by atoms with Gasteiger partial charge in [0.15, 0.2) is 0 Å². The average molecular weight is 308 g/mol. The molecule has 1 aromatic heterocycles. The molecule has 3 heteroatoms. The fraction of sp³-hybridized carbons (Fsp3) is 0.333. The Bertz CT molecular complexity index is 504. The maximum absolute atomic E-state index is 5.62. The first-order chi connectivity index (χ1) is 8.57. The van der Waals surface area contributed by atoms with E-state index in [9.17, 15) is 0 Å². The van der Waals surface area contributed by atoms with Crippen LogP contribution in [0.3, 0.4) is 0 Å². The molecule has 2 aromatic rings. The van der Waals surface area contributed by atoms with E-state index in [0.29, 0.717) is 0 Å². The number of benzene rings is 1. The van der Waals surface area contributed by atoms with E-state index in [0.717, 1.165) is 10.2 Å². The number of rotatable bonds is 4. The SMILES string of the molecule is CNC(c1occc1Br)C(C)(C)c1ccccc1. The van der Waals surface area contributed by atoms with Crippen LogP contribution < -0.4 is 5.32 Å². The summed E-state index contributed by atoms with van der Waals surface area (Å²) < 4.78 is 6.62. The number of likely N-dealkylation sites (N-methyl/N-ethyl adjacent to an activating group) is 1. The Balaban J connectivity index is 2.42. The molecule has 0 spiro atoms. The molecule has 2 rings (SSSR count). The normalized spacial score (nSPS) is 13.6. The Morgan fingerprint density at radius 1 is 1.17 bits per heavy atom. The third kappa shape index (κ3) is 2.38. The lowest BCUT2D eigenvalue weighted by molar-refractivity contribution is 0.311. The summed E-state index contributed by atoms with van der Waals surface area (Å²) in [6.45, 7) is 4.44. The van der Waals surface area contributed by atoms with Crippen molar-refractivity contribution in [3.05, 3.63) is 58.5 Å². The highest BCUT2D eigenvalue weighted by Crippen LogP contribution is 2.39. The van der Waals surface area contributed by atoms with Gasteiger partial charge in [0.1, 0.15) is 5.76 Å². The summed E-state index contributed by atoms with van der Waals surface area (Å²) in [6.07, 6.45) is 1.71. The van der Waals surface area contributed by atoms with Crippen molar-refractivity contribution in [3.63, 3.8) is 0 Å². The first-order valence-electron chi connectivity index (χ1n) is 6.03. The van der Waals surface area contributed by atoms with Crippen molar-refractivity contribution in [2.45, 2.75) is 25.3 Å². The van der Waals surface area contributed by atoms with E-state index >= 15 is 0 Å². The molecule has 0 aliphatic carbocycles. The monoisotopic (exact) mass is 307 g/mol. The molecule has 0 saturated heterocycles. The second kappa shape index (κ2) is 5.29. The van der Waals surface area contributed by atoms with Crippen LogP contribution in [0.1, 0.15) is 31.2 Å². The van der Waals surface area contributed by atoms with E-state index in [-0.39, 0.29) is 11.5 Å². The van der Waals surface area contributed by atoms with Crippen LogP contribution in [0.25, 0.3) is 0 Å². The molecule has 0 fully saturated rings. The summed E-state index contributed by atoms with van der Waals surface area (Å²) in [6, 6.07) is 12.5. The van der Waals surface area contributed by atoms with Crippen LogP contribution in [-0.2, 0) is 5.41 Å². The van der Waals surface area contributed by atoms with Gasteiger partial charge in [-0.05, 0) is 34.6 Å². The molecule has 1 atom stereocenters. The van der Waals surface area contributed by atoms with Gasteiger partial charge in [0.2, 0.25) is 0 Å². The Morgan fingerprint density at radius 2 is 1.83 bits per heavy atom. The minimum absolute atomic E-state index is 0.0591. The van der Waals surface area contributed by atoms with Crippen LogP contribution in [-0.4, -0.2) is 7.05 Å². The largest absolute Gasteiger partial charge is 0.466 e. The number of halogens is 1. The third-order valence-corrected chi connectivity index (χ3v) is 4.09. The van der Waals surface area contributed by atoms with Gasteiger partial charge in [0.05, 0.1) is 16.8 Å². The molecule has 0 aliphatic rings. The van der Waals surface area contributed by atoms with Crippen molar-refractivity contribution >= 4 is 15.9 Å². The minimum atomic E-state index is -0.0591. The molecule has 18 heavy (non-hydrogen) atoms. The van der Waals surface area contributed by atoms with Crippen molar-refractivity contribution in [2.75, 3.05) is 7.05 Å². The van der Waals surface area contributed by atoms with Gasteiger partial charge in [-0.2, -0.15) is 0 Å². The maximum Gasteiger partial charge on any atom is 0.135 e. The number of hydrogen-bond acceptors (Lipinski definition) is 2. The number of furan rings is 1. The van der Waals surface area contributed by atoms with Crippen LogP contribution in [0.4, 0.5) is 0 Å². The van der Waals surface area contributed by atoms with Crippen LogP contribution in [0, 0.1) is 0 Å². The molecule has 0 radical (unpaired) electrons. The molecule has 1 N–H and O–H groups in total. The summed E-state index contributed by atoms with van der Waals surface area (Å²) in [5.74, 6) is 0.936. The predicted molar refractivity (Wildman–Crippen MR) is 77.7 cm³/mol. The summed E-state index contributed by atoms with van der Waals surface area (Å²) in [7, 11) is 1.96. The van der Waals surface area contributed by atoms with Gasteiger partial charge in [-0.1, -0.05) is 44.2 Å². The highest BCUT2D eigenvalue weighted by atomic mass is 79.9. The Morgan fingerprint density at radius 3 is 2.33 bits per heavy atom. The lowest BCUT2D eigenvalue weighted by atomic mass is 9.77. The Hall–Kier alpha value is -1.06. The van der Waals surface area contributed by atoms with E-state index < -0.39 is 0 Å². The van der Waals surface area contributed by atoms with E-state index in [1.165, 1.54) is 5.56 Å². The van der Waals surface area contributed by atoms with E-state index in [4.69, 9.17) is 4.42 Å². The molecule has 0 aliphatic heterocycles. The van der Waals surface area contributed by atoms with Gasteiger partial charge in [-0.15, -0.1) is 0 Å².